The van der Waals surface area contributed by atoms with Gasteiger partial charge in [0.1, 0.15) is 18.1 Å². The molecule has 0 heterocycles. The lowest BCUT2D eigenvalue weighted by molar-refractivity contribution is 0.120. The largest absolute Gasteiger partial charge is 0.513 e. The lowest BCUT2D eigenvalue weighted by Crippen LogP contribution is -2.10. The number of carbonyl (C=O) groups is 1. The molecule has 0 fully saturated rings. The van der Waals surface area contributed by atoms with Crippen LogP contribution in [0.3, 0.4) is 0 Å². The number of hydrogen-bond donors (Lipinski definition) is 0. The lowest BCUT2D eigenvalue weighted by Gasteiger charge is -2.14. The Labute approximate surface area is 130 Å². The molecule has 0 unspecified atom stereocenters. The molecule has 116 valence electrons. The van der Waals surface area contributed by atoms with E-state index < -0.39 is 6.16 Å². The standard InChI is InChI=1S/C18H20O4/c1-12-8-9-15(10-14(12)3)21-11-16-13(2)6-5-7-17(16)22-18(19)20-4/h5-10H,11H2,1-4H3. The fourth-order valence-corrected chi connectivity index (χ4v) is 2.05. The third-order valence-electron chi connectivity index (χ3n) is 3.59. The van der Waals surface area contributed by atoms with Gasteiger partial charge in [0.05, 0.1) is 7.11 Å². The second-order valence-corrected chi connectivity index (χ2v) is 5.14. The van der Waals surface area contributed by atoms with E-state index in [9.17, 15) is 4.79 Å². The van der Waals surface area contributed by atoms with Crippen LogP contribution >= 0.6 is 0 Å². The maximum absolute atomic E-state index is 11.3. The van der Waals surface area contributed by atoms with Crippen LogP contribution in [0.4, 0.5) is 4.79 Å². The summed E-state index contributed by atoms with van der Waals surface area (Å²) in [5.41, 5.74) is 4.21. The van der Waals surface area contributed by atoms with Crippen LogP contribution in [0.15, 0.2) is 36.4 Å². The number of carbonyl (C=O) groups excluding carboxylic acids is 1. The van der Waals surface area contributed by atoms with Crippen molar-refractivity contribution in [2.75, 3.05) is 7.11 Å². The molecule has 4 heteroatoms. The number of rotatable bonds is 4. The van der Waals surface area contributed by atoms with Gasteiger partial charge in [-0.1, -0.05) is 18.2 Å². The van der Waals surface area contributed by atoms with Crippen LogP contribution in [0, 0.1) is 20.8 Å². The first kappa shape index (κ1) is 15.9. The van der Waals surface area contributed by atoms with Crippen molar-refractivity contribution in [2.45, 2.75) is 27.4 Å². The third kappa shape index (κ3) is 3.79. The molecule has 2 rings (SSSR count). The van der Waals surface area contributed by atoms with Crippen LogP contribution in [0.1, 0.15) is 22.3 Å². The Hall–Kier alpha value is -2.49. The Bertz CT molecular complexity index is 677. The normalized spacial score (nSPS) is 10.2. The van der Waals surface area contributed by atoms with Crippen LogP contribution in [0.2, 0.25) is 0 Å². The first-order valence-corrected chi connectivity index (χ1v) is 7.05. The highest BCUT2D eigenvalue weighted by molar-refractivity contribution is 5.64. The maximum Gasteiger partial charge on any atom is 0.513 e. The zero-order chi connectivity index (χ0) is 16.1. The average Bonchev–Trinajstić information content (AvgIpc) is 2.50. The van der Waals surface area contributed by atoms with Crippen LogP contribution in [0.5, 0.6) is 11.5 Å². The van der Waals surface area contributed by atoms with Gasteiger partial charge in [-0.3, -0.25) is 0 Å². The van der Waals surface area contributed by atoms with Crippen LogP contribution in [0.25, 0.3) is 0 Å². The Morgan fingerprint density at radius 3 is 2.45 bits per heavy atom. The van der Waals surface area contributed by atoms with Gasteiger partial charge in [-0.15, -0.1) is 0 Å². The van der Waals surface area contributed by atoms with E-state index in [1.807, 2.05) is 44.2 Å². The summed E-state index contributed by atoms with van der Waals surface area (Å²) in [5.74, 6) is 1.24. The van der Waals surface area contributed by atoms with Gasteiger partial charge in [-0.25, -0.2) is 4.79 Å². The molecule has 0 amide bonds. The highest BCUT2D eigenvalue weighted by Gasteiger charge is 2.12. The fraction of sp³-hybridized carbons (Fsp3) is 0.278. The van der Waals surface area contributed by atoms with Crippen molar-refractivity contribution in [3.63, 3.8) is 0 Å². The maximum atomic E-state index is 11.3. The quantitative estimate of drug-likeness (QED) is 0.622. The molecule has 0 saturated heterocycles. The summed E-state index contributed by atoms with van der Waals surface area (Å²) < 4.78 is 15.5. The zero-order valence-electron chi connectivity index (χ0n) is 13.3. The summed E-state index contributed by atoms with van der Waals surface area (Å²) in [6, 6.07) is 11.4. The molecule has 0 aliphatic carbocycles. The zero-order valence-corrected chi connectivity index (χ0v) is 13.3. The minimum absolute atomic E-state index is 0.321. The number of hydrogen-bond acceptors (Lipinski definition) is 4. The molecular weight excluding hydrogens is 280 g/mol. The van der Waals surface area contributed by atoms with Crippen molar-refractivity contribution in [2.24, 2.45) is 0 Å². The topological polar surface area (TPSA) is 44.8 Å². The van der Waals surface area contributed by atoms with E-state index in [0.717, 1.165) is 16.9 Å². The monoisotopic (exact) mass is 300 g/mol. The number of benzene rings is 2. The molecular formula is C18H20O4. The summed E-state index contributed by atoms with van der Waals surface area (Å²) in [5, 5.41) is 0. The van der Waals surface area contributed by atoms with Crippen molar-refractivity contribution >= 4 is 6.16 Å². The van der Waals surface area contributed by atoms with Gasteiger partial charge < -0.3 is 14.2 Å². The Kier molecular flexibility index (Phi) is 5.04. The van der Waals surface area contributed by atoms with Gasteiger partial charge in [0.25, 0.3) is 0 Å². The van der Waals surface area contributed by atoms with E-state index >= 15 is 0 Å². The van der Waals surface area contributed by atoms with E-state index in [4.69, 9.17) is 9.47 Å². The van der Waals surface area contributed by atoms with Gasteiger partial charge in [0, 0.05) is 5.56 Å². The van der Waals surface area contributed by atoms with Crippen LogP contribution in [-0.4, -0.2) is 13.3 Å². The first-order valence-electron chi connectivity index (χ1n) is 7.05. The van der Waals surface area contributed by atoms with Crippen LogP contribution < -0.4 is 9.47 Å². The molecule has 0 atom stereocenters. The van der Waals surface area contributed by atoms with Crippen LogP contribution in [-0.2, 0) is 11.3 Å². The molecule has 2 aromatic carbocycles. The number of aryl methyl sites for hydroxylation is 3. The van der Waals surface area contributed by atoms with Crippen molar-refractivity contribution in [1.82, 2.24) is 0 Å². The van der Waals surface area contributed by atoms with E-state index in [0.29, 0.717) is 12.4 Å². The second-order valence-electron chi connectivity index (χ2n) is 5.14. The highest BCUT2D eigenvalue weighted by Crippen LogP contribution is 2.25. The molecule has 0 spiro atoms. The summed E-state index contributed by atoms with van der Waals surface area (Å²) in [6.45, 7) is 6.37. The summed E-state index contributed by atoms with van der Waals surface area (Å²) in [6.07, 6.45) is -0.738. The molecule has 0 aliphatic rings. The Morgan fingerprint density at radius 1 is 1.00 bits per heavy atom. The van der Waals surface area contributed by atoms with Crippen molar-refractivity contribution in [1.29, 1.82) is 0 Å². The Morgan fingerprint density at radius 2 is 1.77 bits per heavy atom. The van der Waals surface area contributed by atoms with Crippen molar-refractivity contribution in [3.8, 4) is 11.5 Å². The average molecular weight is 300 g/mol. The molecule has 0 aromatic heterocycles. The van der Waals surface area contributed by atoms with Gasteiger partial charge >= 0.3 is 6.16 Å². The third-order valence-corrected chi connectivity index (χ3v) is 3.59. The lowest BCUT2D eigenvalue weighted by atomic mass is 10.1. The molecule has 2 aromatic rings. The predicted octanol–water partition coefficient (Wildman–Crippen LogP) is 4.34. The van der Waals surface area contributed by atoms with Crippen molar-refractivity contribution < 1.29 is 19.0 Å². The van der Waals surface area contributed by atoms with Crippen molar-refractivity contribution in [3.05, 3.63) is 58.7 Å². The molecule has 4 nitrogen and oxygen atoms in total. The summed E-state index contributed by atoms with van der Waals surface area (Å²) in [4.78, 5) is 11.3. The molecule has 0 saturated carbocycles. The van der Waals surface area contributed by atoms with E-state index in [-0.39, 0.29) is 0 Å². The van der Waals surface area contributed by atoms with E-state index in [1.165, 1.54) is 18.2 Å². The molecule has 0 N–H and O–H groups in total. The van der Waals surface area contributed by atoms with E-state index in [1.54, 1.807) is 6.07 Å². The first-order chi connectivity index (χ1) is 10.5. The highest BCUT2D eigenvalue weighted by atomic mass is 16.7. The Balaban J connectivity index is 2.17. The molecule has 0 radical (unpaired) electrons. The minimum Gasteiger partial charge on any atom is -0.489 e. The smallest absolute Gasteiger partial charge is 0.489 e. The summed E-state index contributed by atoms with van der Waals surface area (Å²) in [7, 11) is 1.28. The summed E-state index contributed by atoms with van der Waals surface area (Å²) >= 11 is 0. The number of ether oxygens (including phenoxy) is 3. The minimum atomic E-state index is -0.738. The van der Waals surface area contributed by atoms with Gasteiger partial charge in [-0.05, 0) is 55.7 Å². The molecule has 22 heavy (non-hydrogen) atoms. The van der Waals surface area contributed by atoms with Gasteiger partial charge in [0.2, 0.25) is 0 Å². The number of methoxy groups -OCH3 is 1. The fourth-order valence-electron chi connectivity index (χ4n) is 2.05. The predicted molar refractivity (Wildman–Crippen MR) is 84.5 cm³/mol. The van der Waals surface area contributed by atoms with Gasteiger partial charge in [-0.2, -0.15) is 0 Å². The molecule has 0 aliphatic heterocycles. The molecule has 0 bridgehead atoms. The second kappa shape index (κ2) is 6.98. The van der Waals surface area contributed by atoms with E-state index in [2.05, 4.69) is 11.7 Å². The van der Waals surface area contributed by atoms with Gasteiger partial charge in [0.15, 0.2) is 0 Å². The SMILES string of the molecule is COC(=O)Oc1cccc(C)c1COc1ccc(C)c(C)c1.